The number of nitrogens with zero attached hydrogens (tertiary/aromatic N) is 2. The number of para-hydroxylation sites is 2. The Kier molecular flexibility index (Phi) is 5.30. The van der Waals surface area contributed by atoms with Gasteiger partial charge in [-0.25, -0.2) is 0 Å². The van der Waals surface area contributed by atoms with Crippen LogP contribution in [0, 0.1) is 17.3 Å². The van der Waals surface area contributed by atoms with Gasteiger partial charge in [-0.3, -0.25) is 19.4 Å². The lowest BCUT2D eigenvalue weighted by Gasteiger charge is -2.69. The fourth-order valence-corrected chi connectivity index (χ4v) is 9.40. The van der Waals surface area contributed by atoms with Gasteiger partial charge in [0.2, 0.25) is 5.91 Å². The quantitative estimate of drug-likeness (QED) is 0.451. The van der Waals surface area contributed by atoms with Crippen LogP contribution in [0.25, 0.3) is 0 Å². The summed E-state index contributed by atoms with van der Waals surface area (Å²) in [6, 6.07) is 25.5. The highest BCUT2D eigenvalue weighted by Crippen LogP contribution is 2.71. The number of methoxy groups -OCH3 is 1. The zero-order valence-electron chi connectivity index (χ0n) is 23.2. The maximum atomic E-state index is 14.8. The molecule has 41 heavy (non-hydrogen) atoms. The maximum Gasteiger partial charge on any atom is 0.312 e. The average Bonchev–Trinajstić information content (AvgIpc) is 3.47. The molecule has 3 aliphatic heterocycles. The first kappa shape index (κ1) is 25.1. The number of anilines is 2. The summed E-state index contributed by atoms with van der Waals surface area (Å²) in [5.74, 6) is 1.08. The third-order valence-electron chi connectivity index (χ3n) is 11.0. The van der Waals surface area contributed by atoms with E-state index in [1.165, 1.54) is 7.11 Å². The van der Waals surface area contributed by atoms with Gasteiger partial charge in [-0.2, -0.15) is 0 Å². The SMILES string of the molecule is COC(=O)[C@H]1[C@]2(O)CC[C@H]3CN4CC[C@@]5(C(=O)N(c6ccc(Oc7ccccc7)cc6)c6ccccc65)[C@@H]4C[C@@]31C2. The molecule has 5 fully saturated rings. The van der Waals surface area contributed by atoms with E-state index in [9.17, 15) is 14.7 Å². The van der Waals surface area contributed by atoms with Gasteiger partial charge in [-0.1, -0.05) is 36.4 Å². The van der Waals surface area contributed by atoms with E-state index in [2.05, 4.69) is 11.0 Å². The zero-order valence-corrected chi connectivity index (χ0v) is 23.2. The van der Waals surface area contributed by atoms with Gasteiger partial charge in [0.25, 0.3) is 0 Å². The van der Waals surface area contributed by atoms with Crippen LogP contribution >= 0.6 is 0 Å². The highest BCUT2D eigenvalue weighted by molar-refractivity contribution is 6.13. The van der Waals surface area contributed by atoms with Crippen molar-refractivity contribution in [2.45, 2.75) is 49.2 Å². The smallest absolute Gasteiger partial charge is 0.312 e. The van der Waals surface area contributed by atoms with E-state index in [0.717, 1.165) is 55.0 Å². The molecule has 2 bridgehead atoms. The van der Waals surface area contributed by atoms with E-state index in [1.807, 2.05) is 77.7 Å². The normalized spacial score (nSPS) is 34.9. The number of benzene rings is 3. The molecule has 3 aromatic carbocycles. The van der Waals surface area contributed by atoms with E-state index in [-0.39, 0.29) is 23.3 Å². The average molecular weight is 551 g/mol. The largest absolute Gasteiger partial charge is 0.469 e. The molecule has 3 aromatic rings. The van der Waals surface area contributed by atoms with Crippen LogP contribution in [-0.2, 0) is 19.7 Å². The van der Waals surface area contributed by atoms with Crippen LogP contribution in [0.3, 0.4) is 0 Å². The summed E-state index contributed by atoms with van der Waals surface area (Å²) in [6.45, 7) is 1.71. The number of rotatable bonds is 4. The zero-order chi connectivity index (χ0) is 28.0. The number of aliphatic hydroxyl groups is 1. The van der Waals surface area contributed by atoms with Crippen LogP contribution in [0.2, 0.25) is 0 Å². The number of carbonyl (C=O) groups is 2. The molecular formula is C34H34N2O5. The Morgan fingerprint density at radius 2 is 1.68 bits per heavy atom. The standard InChI is InChI=1S/C34H34N2O5/c1-40-30(37)29-32-19-28-34(17-18-35(28)20-22(32)15-16-33(29,39)21-32)26-9-5-6-10-27(26)36(31(34)38)23-11-13-25(14-12-23)41-24-7-3-2-4-8-24/h2-14,22,28-29,39H,15-21H2,1H3/t22-,28-,29+,32+,33-,34-/m0/s1. The Bertz CT molecular complexity index is 1540. The lowest BCUT2D eigenvalue weighted by atomic mass is 9.38. The maximum absolute atomic E-state index is 14.8. The number of esters is 1. The molecule has 2 saturated heterocycles. The number of piperidine rings is 1. The number of fused-ring (bicyclic) bond motifs is 5. The van der Waals surface area contributed by atoms with E-state index < -0.39 is 16.9 Å². The van der Waals surface area contributed by atoms with Gasteiger partial charge in [-0.05, 0) is 98.0 Å². The van der Waals surface area contributed by atoms with Gasteiger partial charge >= 0.3 is 5.97 Å². The topological polar surface area (TPSA) is 79.3 Å². The van der Waals surface area contributed by atoms with Crippen molar-refractivity contribution in [3.05, 3.63) is 84.4 Å². The molecule has 210 valence electrons. The predicted molar refractivity (Wildman–Crippen MR) is 153 cm³/mol. The highest BCUT2D eigenvalue weighted by atomic mass is 16.5. The second-order valence-corrected chi connectivity index (χ2v) is 12.7. The van der Waals surface area contributed by atoms with Crippen molar-refractivity contribution in [2.24, 2.45) is 17.3 Å². The molecule has 6 atom stereocenters. The van der Waals surface area contributed by atoms with Gasteiger partial charge in [0, 0.05) is 18.3 Å². The van der Waals surface area contributed by atoms with Crippen molar-refractivity contribution >= 4 is 23.3 Å². The Labute approximate surface area is 239 Å². The lowest BCUT2D eigenvalue weighted by Crippen LogP contribution is -2.75. The summed E-state index contributed by atoms with van der Waals surface area (Å²) in [4.78, 5) is 32.2. The van der Waals surface area contributed by atoms with Crippen molar-refractivity contribution in [3.8, 4) is 11.5 Å². The van der Waals surface area contributed by atoms with Gasteiger partial charge in [-0.15, -0.1) is 0 Å². The first-order chi connectivity index (χ1) is 19.9. The Hall–Kier alpha value is -3.68. The predicted octanol–water partition coefficient (Wildman–Crippen LogP) is 5.19. The van der Waals surface area contributed by atoms with Crippen LogP contribution < -0.4 is 9.64 Å². The summed E-state index contributed by atoms with van der Waals surface area (Å²) in [5.41, 5.74) is 0.808. The van der Waals surface area contributed by atoms with Crippen molar-refractivity contribution in [2.75, 3.05) is 25.1 Å². The second-order valence-electron chi connectivity index (χ2n) is 12.7. The molecule has 0 radical (unpaired) electrons. The third kappa shape index (κ3) is 3.27. The van der Waals surface area contributed by atoms with Crippen molar-refractivity contribution in [3.63, 3.8) is 0 Å². The van der Waals surface area contributed by atoms with Crippen LogP contribution in [-0.4, -0.2) is 53.7 Å². The minimum atomic E-state index is -0.981. The van der Waals surface area contributed by atoms with Crippen LogP contribution in [0.15, 0.2) is 78.9 Å². The number of carbonyl (C=O) groups excluding carboxylic acids is 2. The van der Waals surface area contributed by atoms with E-state index in [4.69, 9.17) is 9.47 Å². The summed E-state index contributed by atoms with van der Waals surface area (Å²) >= 11 is 0. The number of ether oxygens (including phenoxy) is 2. The fraction of sp³-hybridized carbons (Fsp3) is 0.412. The molecule has 3 aliphatic carbocycles. The van der Waals surface area contributed by atoms with E-state index in [1.54, 1.807) is 0 Å². The lowest BCUT2D eigenvalue weighted by molar-refractivity contribution is -0.274. The summed E-state index contributed by atoms with van der Waals surface area (Å²) in [7, 11) is 1.42. The molecule has 9 rings (SSSR count). The van der Waals surface area contributed by atoms with Crippen LogP contribution in [0.1, 0.15) is 37.7 Å². The Morgan fingerprint density at radius 3 is 2.46 bits per heavy atom. The molecule has 7 heteroatoms. The summed E-state index contributed by atoms with van der Waals surface area (Å²) in [5, 5.41) is 11.3. The molecule has 3 heterocycles. The minimum absolute atomic E-state index is 0.0344. The van der Waals surface area contributed by atoms with E-state index in [0.29, 0.717) is 24.5 Å². The molecule has 2 spiro atoms. The van der Waals surface area contributed by atoms with Gasteiger partial charge in [0.1, 0.15) is 11.5 Å². The Balaban J connectivity index is 1.15. The molecule has 0 aromatic heterocycles. The molecule has 7 nitrogen and oxygen atoms in total. The molecule has 1 amide bonds. The number of amides is 1. The van der Waals surface area contributed by atoms with Gasteiger partial charge < -0.3 is 14.6 Å². The number of hydrogen-bond acceptors (Lipinski definition) is 6. The van der Waals surface area contributed by atoms with Crippen molar-refractivity contribution < 1.29 is 24.2 Å². The van der Waals surface area contributed by atoms with Gasteiger partial charge in [0.05, 0.1) is 29.7 Å². The molecule has 0 unspecified atom stereocenters. The molecule has 3 saturated carbocycles. The van der Waals surface area contributed by atoms with Crippen LogP contribution in [0.5, 0.6) is 11.5 Å². The fourth-order valence-electron chi connectivity index (χ4n) is 9.40. The van der Waals surface area contributed by atoms with E-state index >= 15 is 0 Å². The first-order valence-corrected chi connectivity index (χ1v) is 14.7. The third-order valence-corrected chi connectivity index (χ3v) is 11.0. The molecule has 1 N–H and O–H groups in total. The van der Waals surface area contributed by atoms with Gasteiger partial charge in [0.15, 0.2) is 0 Å². The monoisotopic (exact) mass is 550 g/mol. The summed E-state index contributed by atoms with van der Waals surface area (Å²) < 4.78 is 11.2. The summed E-state index contributed by atoms with van der Waals surface area (Å²) in [6.07, 6.45) is 3.64. The Morgan fingerprint density at radius 1 is 0.951 bits per heavy atom. The number of hydrogen-bond donors (Lipinski definition) is 1. The van der Waals surface area contributed by atoms with Crippen molar-refractivity contribution in [1.29, 1.82) is 0 Å². The second kappa shape index (κ2) is 8.66. The molecule has 6 aliphatic rings. The first-order valence-electron chi connectivity index (χ1n) is 14.7. The van der Waals surface area contributed by atoms with Crippen LogP contribution in [0.4, 0.5) is 11.4 Å². The highest BCUT2D eigenvalue weighted by Gasteiger charge is 2.75. The van der Waals surface area contributed by atoms with Crippen molar-refractivity contribution in [1.82, 2.24) is 4.90 Å². The minimum Gasteiger partial charge on any atom is -0.469 e. The molecular weight excluding hydrogens is 516 g/mol.